The molecule has 1 aromatic rings. The molecule has 0 aromatic heterocycles. The van der Waals surface area contributed by atoms with Gasteiger partial charge in [-0.2, -0.15) is 0 Å². The number of halogens is 1. The Morgan fingerprint density at radius 1 is 1.40 bits per heavy atom. The Labute approximate surface area is 82.6 Å². The first-order valence-electron chi connectivity index (χ1n) is 2.37. The van der Waals surface area contributed by atoms with Crippen molar-refractivity contribution >= 4 is 24.2 Å². The molecule has 1 rings (SSSR count). The van der Waals surface area contributed by atoms with E-state index in [9.17, 15) is 0 Å². The fourth-order valence-electron chi connectivity index (χ4n) is 0.497. The van der Waals surface area contributed by atoms with Crippen LogP contribution in [0.3, 0.4) is 0 Å². The van der Waals surface area contributed by atoms with Crippen LogP contribution >= 0.6 is 24.2 Å². The maximum absolute atomic E-state index is 8.94. The van der Waals surface area contributed by atoms with Gasteiger partial charge in [0.05, 0.1) is 0 Å². The molecule has 0 atom stereocenters. The Bertz CT molecular complexity index is 229. The zero-order chi connectivity index (χ0) is 6.85. The second-order valence-corrected chi connectivity index (χ2v) is 2.55. The molecule has 4 heteroatoms. The molecule has 1 aromatic carbocycles. The smallest absolute Gasteiger partial charge is 0.507 e. The Balaban J connectivity index is 0.000000810. The van der Waals surface area contributed by atoms with Crippen LogP contribution in [0, 0.1) is 0 Å². The maximum atomic E-state index is 8.94. The van der Waals surface area contributed by atoms with Crippen LogP contribution in [-0.2, 0) is 19.5 Å². The van der Waals surface area contributed by atoms with Crippen LogP contribution in [0.15, 0.2) is 23.1 Å². The number of benzene rings is 1. The second-order valence-electron chi connectivity index (χ2n) is 1.63. The molecule has 0 radical (unpaired) electrons. The van der Waals surface area contributed by atoms with Gasteiger partial charge in [-0.3, -0.25) is 0 Å². The van der Waals surface area contributed by atoms with Crippen molar-refractivity contribution in [2.24, 2.45) is 0 Å². The molecular weight excluding hydrogens is 221 g/mol. The number of phenols is 1. The Hall–Kier alpha value is 0.283. The minimum absolute atomic E-state index is 0. The van der Waals surface area contributed by atoms with E-state index in [1.54, 1.807) is 12.1 Å². The summed E-state index contributed by atoms with van der Waals surface area (Å²) in [6.07, 6.45) is 0. The van der Waals surface area contributed by atoms with E-state index in [4.69, 9.17) is 16.7 Å². The van der Waals surface area contributed by atoms with Crippen molar-refractivity contribution < 1.29 is 24.6 Å². The molecule has 0 saturated carbocycles. The van der Waals surface area contributed by atoms with Gasteiger partial charge in [-0.25, -0.2) is 0 Å². The van der Waals surface area contributed by atoms with Gasteiger partial charge in [-0.1, -0.05) is 11.6 Å². The fourth-order valence-corrected chi connectivity index (χ4v) is 0.802. The van der Waals surface area contributed by atoms with Crippen molar-refractivity contribution in [3.05, 3.63) is 23.2 Å². The standard InChI is InChI=1S/C6H5ClOS.Zn/c7-4-1-2-6(9)5(8)3-4;/h1-3,8-9H;/q;+2. The molecule has 10 heavy (non-hydrogen) atoms. The molecule has 0 aliphatic carbocycles. The Morgan fingerprint density at radius 3 is 2.40 bits per heavy atom. The third-order valence-corrected chi connectivity index (χ3v) is 1.55. The van der Waals surface area contributed by atoms with E-state index >= 15 is 0 Å². The predicted octanol–water partition coefficient (Wildman–Crippen LogP) is 2.33. The minimum atomic E-state index is 0. The largest absolute Gasteiger partial charge is 2.00 e. The van der Waals surface area contributed by atoms with Crippen molar-refractivity contribution in [3.8, 4) is 5.75 Å². The molecule has 0 fully saturated rings. The molecule has 0 heterocycles. The molecule has 0 aliphatic rings. The number of thiol groups is 1. The van der Waals surface area contributed by atoms with Crippen molar-refractivity contribution in [3.63, 3.8) is 0 Å². The Morgan fingerprint density at radius 2 is 2.00 bits per heavy atom. The average molecular weight is 226 g/mol. The van der Waals surface area contributed by atoms with Gasteiger partial charge in [0.15, 0.2) is 0 Å². The summed E-state index contributed by atoms with van der Waals surface area (Å²) in [6, 6.07) is 4.76. The van der Waals surface area contributed by atoms with E-state index in [0.29, 0.717) is 9.92 Å². The van der Waals surface area contributed by atoms with Crippen molar-refractivity contribution in [1.29, 1.82) is 0 Å². The van der Waals surface area contributed by atoms with Gasteiger partial charge >= 0.3 is 19.5 Å². The van der Waals surface area contributed by atoms with Crippen LogP contribution < -0.4 is 0 Å². The van der Waals surface area contributed by atoms with Crippen LogP contribution in [-0.4, -0.2) is 5.11 Å². The zero-order valence-corrected chi connectivity index (χ0v) is 9.83. The summed E-state index contributed by atoms with van der Waals surface area (Å²) in [7, 11) is 0. The van der Waals surface area contributed by atoms with Gasteiger partial charge in [0, 0.05) is 9.92 Å². The van der Waals surface area contributed by atoms with Gasteiger partial charge in [-0.15, -0.1) is 12.6 Å². The first-order chi connectivity index (χ1) is 4.20. The summed E-state index contributed by atoms with van der Waals surface area (Å²) < 4.78 is 0. The molecular formula is C6H5ClOSZn+2. The molecule has 48 valence electrons. The number of phenolic OH excluding ortho intramolecular Hbond substituents is 1. The van der Waals surface area contributed by atoms with Crippen LogP contribution in [0.1, 0.15) is 0 Å². The van der Waals surface area contributed by atoms with Gasteiger partial charge in [0.2, 0.25) is 0 Å². The number of hydrogen-bond donors (Lipinski definition) is 2. The molecule has 0 spiro atoms. The first kappa shape index (κ1) is 10.3. The van der Waals surface area contributed by atoms with Gasteiger partial charge in [-0.05, 0) is 18.2 Å². The number of hydrogen-bond acceptors (Lipinski definition) is 2. The quantitative estimate of drug-likeness (QED) is 0.513. The number of rotatable bonds is 0. The molecule has 0 saturated heterocycles. The maximum Gasteiger partial charge on any atom is 2.00 e. The zero-order valence-electron chi connectivity index (χ0n) is 5.21. The van der Waals surface area contributed by atoms with Crippen LogP contribution in [0.25, 0.3) is 0 Å². The normalized spacial score (nSPS) is 8.60. The van der Waals surface area contributed by atoms with Crippen LogP contribution in [0.4, 0.5) is 0 Å². The van der Waals surface area contributed by atoms with Gasteiger partial charge in [0.25, 0.3) is 0 Å². The predicted molar refractivity (Wildman–Crippen MR) is 40.4 cm³/mol. The van der Waals surface area contributed by atoms with Crippen LogP contribution in [0.5, 0.6) is 5.75 Å². The van der Waals surface area contributed by atoms with Gasteiger partial charge < -0.3 is 5.11 Å². The van der Waals surface area contributed by atoms with Crippen molar-refractivity contribution in [1.82, 2.24) is 0 Å². The molecule has 0 bridgehead atoms. The topological polar surface area (TPSA) is 20.2 Å². The first-order valence-corrected chi connectivity index (χ1v) is 3.20. The number of aromatic hydroxyl groups is 1. The summed E-state index contributed by atoms with van der Waals surface area (Å²) in [4.78, 5) is 0.541. The van der Waals surface area contributed by atoms with E-state index in [1.807, 2.05) is 0 Å². The van der Waals surface area contributed by atoms with Gasteiger partial charge in [0.1, 0.15) is 5.75 Å². The monoisotopic (exact) mass is 224 g/mol. The third kappa shape index (κ3) is 2.49. The van der Waals surface area contributed by atoms with E-state index in [1.165, 1.54) is 6.07 Å². The van der Waals surface area contributed by atoms with E-state index in [0.717, 1.165) is 0 Å². The van der Waals surface area contributed by atoms with Crippen LogP contribution in [0.2, 0.25) is 5.02 Å². The van der Waals surface area contributed by atoms with E-state index in [2.05, 4.69) is 12.6 Å². The Kier molecular flexibility index (Phi) is 4.34. The van der Waals surface area contributed by atoms with Crippen molar-refractivity contribution in [2.45, 2.75) is 4.90 Å². The molecule has 0 unspecified atom stereocenters. The second kappa shape index (κ2) is 4.22. The minimum Gasteiger partial charge on any atom is -0.507 e. The summed E-state index contributed by atoms with van der Waals surface area (Å²) in [5.41, 5.74) is 0. The summed E-state index contributed by atoms with van der Waals surface area (Å²) in [5.74, 6) is 0.117. The average Bonchev–Trinajstić information content (AvgIpc) is 1.80. The molecule has 1 N–H and O–H groups in total. The SMILES string of the molecule is Oc1cc(Cl)ccc1S.[Zn+2]. The molecule has 0 amide bonds. The molecule has 0 aliphatic heterocycles. The summed E-state index contributed by atoms with van der Waals surface area (Å²) in [6.45, 7) is 0. The fraction of sp³-hybridized carbons (Fsp3) is 0. The third-order valence-electron chi connectivity index (χ3n) is 0.937. The molecule has 1 nitrogen and oxygen atoms in total. The summed E-state index contributed by atoms with van der Waals surface area (Å²) in [5, 5.41) is 9.46. The van der Waals surface area contributed by atoms with E-state index in [-0.39, 0.29) is 25.2 Å². The summed E-state index contributed by atoms with van der Waals surface area (Å²) >= 11 is 9.46. The van der Waals surface area contributed by atoms with Crippen molar-refractivity contribution in [2.75, 3.05) is 0 Å². The van der Waals surface area contributed by atoms with E-state index < -0.39 is 0 Å².